The molecule has 0 saturated carbocycles. The Labute approximate surface area is 132 Å². The third kappa shape index (κ3) is 3.46. The fourth-order valence-electron chi connectivity index (χ4n) is 2.12. The Bertz CT molecular complexity index is 832. The van der Waals surface area contributed by atoms with Crippen molar-refractivity contribution in [2.24, 2.45) is 0 Å². The summed E-state index contributed by atoms with van der Waals surface area (Å²) >= 11 is 0. The van der Waals surface area contributed by atoms with Crippen LogP contribution in [0.15, 0.2) is 55.1 Å². The van der Waals surface area contributed by atoms with Gasteiger partial charge in [-0.05, 0) is 23.8 Å². The summed E-state index contributed by atoms with van der Waals surface area (Å²) in [6.07, 6.45) is 5.94. The number of nitrogen functional groups attached to an aromatic ring is 1. The zero-order chi connectivity index (χ0) is 16.2. The van der Waals surface area contributed by atoms with E-state index in [9.17, 15) is 9.90 Å². The van der Waals surface area contributed by atoms with E-state index < -0.39 is 5.78 Å². The Morgan fingerprint density at radius 3 is 2.78 bits per heavy atom. The number of allylic oxidation sites excluding steroid dienone is 1. The largest absolute Gasteiger partial charge is 0.507 e. The molecule has 0 aliphatic heterocycles. The summed E-state index contributed by atoms with van der Waals surface area (Å²) in [4.78, 5) is 15.6. The van der Waals surface area contributed by atoms with Crippen LogP contribution in [0.3, 0.4) is 0 Å². The molecule has 3 aromatic rings. The fraction of sp³-hybridized carbons (Fsp3) is 0.0625. The van der Waals surface area contributed by atoms with Crippen molar-refractivity contribution in [3.63, 3.8) is 0 Å². The summed E-state index contributed by atoms with van der Waals surface area (Å²) in [6, 6.07) is 9.30. The average molecular weight is 309 g/mol. The molecule has 0 saturated heterocycles. The van der Waals surface area contributed by atoms with Gasteiger partial charge in [-0.15, -0.1) is 0 Å². The maximum Gasteiger partial charge on any atom is 0.226 e. The van der Waals surface area contributed by atoms with E-state index in [1.807, 2.05) is 35.0 Å². The van der Waals surface area contributed by atoms with Crippen molar-refractivity contribution in [1.29, 1.82) is 0 Å². The number of carbonyl (C=O) groups is 1. The molecular formula is C16H15N5O2. The van der Waals surface area contributed by atoms with Gasteiger partial charge in [0.2, 0.25) is 5.78 Å². The van der Waals surface area contributed by atoms with Gasteiger partial charge in [0.25, 0.3) is 0 Å². The summed E-state index contributed by atoms with van der Waals surface area (Å²) in [5, 5.41) is 16.1. The predicted molar refractivity (Wildman–Crippen MR) is 85.7 cm³/mol. The Morgan fingerprint density at radius 1 is 1.30 bits per heavy atom. The van der Waals surface area contributed by atoms with Gasteiger partial charge in [-0.1, -0.05) is 12.1 Å². The first-order chi connectivity index (χ1) is 11.1. The number of H-pyrrole nitrogens is 1. The predicted octanol–water partition coefficient (Wildman–Crippen LogP) is 2.02. The van der Waals surface area contributed by atoms with Crippen LogP contribution in [-0.4, -0.2) is 30.6 Å². The summed E-state index contributed by atoms with van der Waals surface area (Å²) < 4.78 is 1.91. The van der Waals surface area contributed by atoms with Gasteiger partial charge in [0, 0.05) is 36.3 Å². The Balaban J connectivity index is 1.73. The molecule has 23 heavy (non-hydrogen) atoms. The van der Waals surface area contributed by atoms with Crippen molar-refractivity contribution >= 4 is 17.2 Å². The highest BCUT2D eigenvalue weighted by Crippen LogP contribution is 2.14. The third-order valence-electron chi connectivity index (χ3n) is 3.31. The second-order valence-corrected chi connectivity index (χ2v) is 5.04. The molecule has 0 unspecified atom stereocenters. The number of aromatic amines is 1. The van der Waals surface area contributed by atoms with E-state index in [2.05, 4.69) is 15.2 Å². The lowest BCUT2D eigenvalue weighted by atomic mass is 10.2. The molecule has 0 radical (unpaired) electrons. The molecule has 0 atom stereocenters. The Morgan fingerprint density at radius 2 is 2.09 bits per heavy atom. The van der Waals surface area contributed by atoms with Gasteiger partial charge >= 0.3 is 0 Å². The number of carbonyl (C=O) groups excluding carboxylic acids is 1. The lowest BCUT2D eigenvalue weighted by Gasteiger charge is -2.03. The Hall–Kier alpha value is -3.35. The van der Waals surface area contributed by atoms with Crippen LogP contribution in [0.4, 0.5) is 5.69 Å². The van der Waals surface area contributed by atoms with Crippen LogP contribution >= 0.6 is 0 Å². The summed E-state index contributed by atoms with van der Waals surface area (Å²) in [5.41, 5.74) is 8.01. The van der Waals surface area contributed by atoms with Crippen molar-refractivity contribution in [3.05, 3.63) is 72.1 Å². The standard InChI is InChI=1S/C16H15N5O2/c17-13-3-1-11(2-4-13)8-21-6-5-12(9-21)14(22)7-15(23)16-18-10-19-20-16/h1-7,9-10,22H,8,17H2,(H,18,19,20). The molecular weight excluding hydrogens is 294 g/mol. The first-order valence-electron chi connectivity index (χ1n) is 6.93. The number of aromatic nitrogens is 4. The highest BCUT2D eigenvalue weighted by molar-refractivity contribution is 6.05. The summed E-state index contributed by atoms with van der Waals surface area (Å²) in [7, 11) is 0. The van der Waals surface area contributed by atoms with Gasteiger partial charge < -0.3 is 15.4 Å². The van der Waals surface area contributed by atoms with Crippen LogP contribution in [0.1, 0.15) is 21.7 Å². The van der Waals surface area contributed by atoms with Crippen molar-refractivity contribution in [2.75, 3.05) is 5.73 Å². The van der Waals surface area contributed by atoms with Gasteiger partial charge in [0.15, 0.2) is 5.82 Å². The molecule has 0 bridgehead atoms. The molecule has 0 spiro atoms. The highest BCUT2D eigenvalue weighted by atomic mass is 16.3. The minimum Gasteiger partial charge on any atom is -0.507 e. The number of aliphatic hydroxyl groups excluding tert-OH is 1. The van der Waals surface area contributed by atoms with Crippen molar-refractivity contribution < 1.29 is 9.90 Å². The SMILES string of the molecule is Nc1ccc(Cn2ccc(C(O)=CC(=O)c3ncn[nH]3)c2)cc1. The second-order valence-electron chi connectivity index (χ2n) is 5.04. The molecule has 7 nitrogen and oxygen atoms in total. The molecule has 1 aromatic carbocycles. The lowest BCUT2D eigenvalue weighted by Crippen LogP contribution is -1.99. The molecule has 116 valence electrons. The van der Waals surface area contributed by atoms with E-state index in [0.29, 0.717) is 17.8 Å². The van der Waals surface area contributed by atoms with Crippen LogP contribution in [-0.2, 0) is 6.54 Å². The summed E-state index contributed by atoms with van der Waals surface area (Å²) in [5.74, 6) is -0.480. The van der Waals surface area contributed by atoms with Crippen LogP contribution in [0.2, 0.25) is 0 Å². The van der Waals surface area contributed by atoms with Crippen LogP contribution in [0, 0.1) is 0 Å². The van der Waals surface area contributed by atoms with E-state index in [-0.39, 0.29) is 11.6 Å². The molecule has 0 aliphatic carbocycles. The number of hydrogen-bond acceptors (Lipinski definition) is 5. The normalized spacial score (nSPS) is 11.6. The average Bonchev–Trinajstić information content (AvgIpc) is 3.21. The molecule has 2 aromatic heterocycles. The molecule has 4 N–H and O–H groups in total. The van der Waals surface area contributed by atoms with Crippen molar-refractivity contribution in [3.8, 4) is 0 Å². The monoisotopic (exact) mass is 309 g/mol. The molecule has 0 amide bonds. The number of aliphatic hydroxyl groups is 1. The number of nitrogens with zero attached hydrogens (tertiary/aromatic N) is 3. The number of nitrogens with two attached hydrogens (primary N) is 1. The van der Waals surface area contributed by atoms with E-state index in [0.717, 1.165) is 11.6 Å². The fourth-order valence-corrected chi connectivity index (χ4v) is 2.12. The third-order valence-corrected chi connectivity index (χ3v) is 3.31. The van der Waals surface area contributed by atoms with Crippen molar-refractivity contribution in [1.82, 2.24) is 19.7 Å². The van der Waals surface area contributed by atoms with Crippen LogP contribution in [0.5, 0.6) is 0 Å². The van der Waals surface area contributed by atoms with Gasteiger partial charge in [-0.3, -0.25) is 9.89 Å². The minimum atomic E-state index is -0.439. The maximum absolute atomic E-state index is 11.8. The van der Waals surface area contributed by atoms with Crippen LogP contribution in [0.25, 0.3) is 5.76 Å². The quantitative estimate of drug-likeness (QED) is 0.289. The molecule has 0 fully saturated rings. The van der Waals surface area contributed by atoms with Gasteiger partial charge in [0.1, 0.15) is 12.1 Å². The first-order valence-corrected chi connectivity index (χ1v) is 6.93. The van der Waals surface area contributed by atoms with E-state index in [4.69, 9.17) is 5.73 Å². The first kappa shape index (κ1) is 14.6. The topological polar surface area (TPSA) is 110 Å². The molecule has 0 aliphatic rings. The molecule has 3 rings (SSSR count). The van der Waals surface area contributed by atoms with Gasteiger partial charge in [-0.2, -0.15) is 5.10 Å². The molecule has 2 heterocycles. The molecule has 7 heteroatoms. The zero-order valence-electron chi connectivity index (χ0n) is 12.2. The maximum atomic E-state index is 11.8. The smallest absolute Gasteiger partial charge is 0.226 e. The van der Waals surface area contributed by atoms with Crippen LogP contribution < -0.4 is 5.73 Å². The number of benzene rings is 1. The van der Waals surface area contributed by atoms with E-state index in [1.165, 1.54) is 6.33 Å². The minimum absolute atomic E-state index is 0.0813. The number of rotatable bonds is 5. The second kappa shape index (κ2) is 6.18. The number of nitrogens with one attached hydrogen (secondary N) is 1. The lowest BCUT2D eigenvalue weighted by molar-refractivity contribution is 0.103. The van der Waals surface area contributed by atoms with Gasteiger partial charge in [0.05, 0.1) is 0 Å². The number of ketones is 1. The Kier molecular flexibility index (Phi) is 3.92. The van der Waals surface area contributed by atoms with E-state index in [1.54, 1.807) is 12.3 Å². The van der Waals surface area contributed by atoms with Gasteiger partial charge in [-0.25, -0.2) is 4.98 Å². The van der Waals surface area contributed by atoms with E-state index >= 15 is 0 Å². The zero-order valence-corrected chi connectivity index (χ0v) is 12.2. The number of hydrogen-bond donors (Lipinski definition) is 3. The summed E-state index contributed by atoms with van der Waals surface area (Å²) in [6.45, 7) is 0.642. The number of anilines is 1. The van der Waals surface area contributed by atoms with Crippen molar-refractivity contribution in [2.45, 2.75) is 6.54 Å². The highest BCUT2D eigenvalue weighted by Gasteiger charge is 2.09.